The number of anilines is 2. The van der Waals surface area contributed by atoms with Crippen LogP contribution in [0.15, 0.2) is 60.2 Å². The van der Waals surface area contributed by atoms with E-state index in [4.69, 9.17) is 45.8 Å². The number of nitrogens with zero attached hydrogens (tertiary/aromatic N) is 1. The van der Waals surface area contributed by atoms with Gasteiger partial charge in [-0.25, -0.2) is 9.59 Å². The van der Waals surface area contributed by atoms with Crippen LogP contribution >= 0.6 is 11.6 Å². The fourth-order valence-electron chi connectivity index (χ4n) is 11.0. The lowest BCUT2D eigenvalue weighted by Crippen LogP contribution is -2.53. The number of benzene rings is 2. The lowest BCUT2D eigenvalue weighted by atomic mass is 9.78. The zero-order chi connectivity index (χ0) is 61.3. The van der Waals surface area contributed by atoms with Crippen LogP contribution in [0.5, 0.6) is 5.75 Å². The average molecular weight is 1180 g/mol. The molecule has 0 radical (unpaired) electrons. The number of carbonyl (C=O) groups is 8. The van der Waals surface area contributed by atoms with Crippen LogP contribution in [-0.4, -0.2) is 128 Å². The van der Waals surface area contributed by atoms with Crippen LogP contribution in [-0.2, 0) is 65.3 Å². The summed E-state index contributed by atoms with van der Waals surface area (Å²) in [5, 5.41) is 20.3. The minimum Gasteiger partial charge on any atom is -0.495 e. The Morgan fingerprint density at radius 2 is 1.69 bits per heavy atom. The highest BCUT2D eigenvalue weighted by molar-refractivity contribution is 6.35. The van der Waals surface area contributed by atoms with Crippen molar-refractivity contribution in [1.29, 1.82) is 0 Å². The Hall–Kier alpha value is -6.35. The van der Waals surface area contributed by atoms with E-state index >= 15 is 0 Å². The second-order valence-electron chi connectivity index (χ2n) is 23.1. The van der Waals surface area contributed by atoms with Crippen LogP contribution < -0.4 is 31.3 Å². The van der Waals surface area contributed by atoms with Gasteiger partial charge < -0.3 is 54.8 Å². The zero-order valence-electron chi connectivity index (χ0n) is 50.1. The Morgan fingerprint density at radius 3 is 2.33 bits per heavy atom. The van der Waals surface area contributed by atoms with Gasteiger partial charge in [-0.05, 0) is 113 Å². The van der Waals surface area contributed by atoms with Crippen LogP contribution in [0.4, 0.5) is 21.0 Å². The molecule has 21 heteroatoms. The first kappa shape index (κ1) is 67.4. The Balaban J connectivity index is 1.29. The van der Waals surface area contributed by atoms with E-state index in [1.54, 1.807) is 69.4 Å². The number of allylic oxidation sites excluding steroid dienone is 3. The highest BCUT2D eigenvalue weighted by Crippen LogP contribution is 2.50. The number of ketones is 2. The SMILES string of the molecule is CCC(CC)C(=O)OC(C)CCCCC(=O)C[C@H](C(=O)N[C@@H](CCCNC(N)=O)C(=O)Cc1ccc(NC(=O)O[C@H]2CC(=O)N(C)c3cc(cc(OC)c3Cl)C/C(C)=C/C=C/[C@@H](OC)[C@]3(O)CC(=O)O[C@@H](C3)[C@@H](C)[C@@H]3O[C@@]23C)cc1)C(C)C. The fraction of sp³-hybridized carbons (Fsp3) is 0.613. The zero-order valence-corrected chi connectivity index (χ0v) is 50.9. The maximum Gasteiger partial charge on any atom is 0.412 e. The second kappa shape index (κ2) is 31.0. The minimum absolute atomic E-state index is 0.00835. The maximum absolute atomic E-state index is 14.4. The van der Waals surface area contributed by atoms with Gasteiger partial charge >= 0.3 is 24.1 Å². The first-order valence-electron chi connectivity index (χ1n) is 29.0. The summed E-state index contributed by atoms with van der Waals surface area (Å²) in [6.07, 6.45) is 4.08. The van der Waals surface area contributed by atoms with Gasteiger partial charge in [-0.2, -0.15) is 0 Å². The van der Waals surface area contributed by atoms with Crippen molar-refractivity contribution in [3.05, 3.63) is 76.3 Å². The molecule has 0 spiro atoms. The quantitative estimate of drug-likeness (QED) is 0.0269. The molecule has 458 valence electrons. The van der Waals surface area contributed by atoms with E-state index in [0.29, 0.717) is 61.9 Å². The number of rotatable bonds is 25. The Kier molecular flexibility index (Phi) is 25.2. The number of amides is 5. The number of hydrogen-bond donors (Lipinski definition) is 5. The van der Waals surface area contributed by atoms with Gasteiger partial charge in [0.2, 0.25) is 11.8 Å². The molecule has 2 saturated heterocycles. The van der Waals surface area contributed by atoms with Gasteiger partial charge in [-0.1, -0.05) is 82.2 Å². The van der Waals surface area contributed by atoms with Crippen molar-refractivity contribution in [1.82, 2.24) is 10.6 Å². The number of nitrogens with two attached hydrogens (primary N) is 1. The normalized spacial score (nSPS) is 24.9. The smallest absolute Gasteiger partial charge is 0.412 e. The van der Waals surface area contributed by atoms with E-state index in [1.165, 1.54) is 19.1 Å². The molecule has 5 rings (SSSR count). The number of nitrogens with one attached hydrogen (secondary N) is 3. The predicted octanol–water partition coefficient (Wildman–Crippen LogP) is 8.83. The molecule has 2 aromatic carbocycles. The second-order valence-corrected chi connectivity index (χ2v) is 23.4. The third kappa shape index (κ3) is 19.1. The van der Waals surface area contributed by atoms with E-state index in [2.05, 4.69) is 16.0 Å². The molecular weight excluding hydrogens is 1090 g/mol. The summed E-state index contributed by atoms with van der Waals surface area (Å²) in [7, 11) is 4.48. The molecule has 3 heterocycles. The van der Waals surface area contributed by atoms with E-state index in [9.17, 15) is 43.5 Å². The number of methoxy groups -OCH3 is 2. The van der Waals surface area contributed by atoms with Crippen molar-refractivity contribution >= 4 is 70.4 Å². The monoisotopic (exact) mass is 1180 g/mol. The van der Waals surface area contributed by atoms with E-state index in [1.807, 2.05) is 47.6 Å². The van der Waals surface area contributed by atoms with Crippen molar-refractivity contribution in [2.24, 2.45) is 29.4 Å². The third-order valence-corrected chi connectivity index (χ3v) is 16.6. The summed E-state index contributed by atoms with van der Waals surface area (Å²) in [5.41, 5.74) is 5.24. The molecular formula is C62H88ClN5O15. The average Bonchev–Trinajstić information content (AvgIpc) is 1.91. The van der Waals surface area contributed by atoms with Gasteiger partial charge in [0, 0.05) is 63.9 Å². The summed E-state index contributed by atoms with van der Waals surface area (Å²) >= 11 is 6.84. The highest BCUT2D eigenvalue weighted by atomic mass is 35.5. The lowest BCUT2D eigenvalue weighted by Gasteiger charge is -2.41. The molecule has 3 aliphatic heterocycles. The number of primary amides is 1. The molecule has 2 aromatic rings. The van der Waals surface area contributed by atoms with Crippen molar-refractivity contribution in [2.75, 3.05) is 38.0 Å². The van der Waals surface area contributed by atoms with Crippen LogP contribution in [0.2, 0.25) is 5.02 Å². The molecule has 10 atom stereocenters. The molecule has 0 saturated carbocycles. The number of epoxide rings is 1. The van der Waals surface area contributed by atoms with Crippen molar-refractivity contribution in [3.63, 3.8) is 0 Å². The number of hydrogen-bond acceptors (Lipinski definition) is 15. The van der Waals surface area contributed by atoms with Gasteiger partial charge in [0.05, 0.1) is 49.8 Å². The van der Waals surface area contributed by atoms with Gasteiger partial charge in [0.25, 0.3) is 0 Å². The van der Waals surface area contributed by atoms with Crippen molar-refractivity contribution < 1.29 is 71.9 Å². The van der Waals surface area contributed by atoms with E-state index < -0.39 is 83.4 Å². The van der Waals surface area contributed by atoms with Crippen LogP contribution in [0.25, 0.3) is 0 Å². The van der Waals surface area contributed by atoms with Crippen LogP contribution in [0, 0.1) is 23.7 Å². The van der Waals surface area contributed by atoms with Gasteiger partial charge in [-0.15, -0.1) is 0 Å². The molecule has 0 aliphatic carbocycles. The van der Waals surface area contributed by atoms with Gasteiger partial charge in [0.15, 0.2) is 5.78 Å². The molecule has 0 aromatic heterocycles. The number of esters is 2. The number of carbonyl (C=O) groups excluding carboxylic acids is 8. The standard InChI is InChI=1S/C62H88ClN5O15/c1-12-42(13-2)58(74)80-38(6)19-14-15-20-44(69)32-45(36(3)4)57(73)67-46(21-17-27-65-59(64)75)48(70)30-40-23-25-43(26-24-40)66-60(76)82-52-33-53(71)68(9)47-29-41(31-49(78-10)55(47)63)28-37(5)18-16-22-51(79-11)62(77)34-50(81-54(72)35-62)39(7)56-61(52,8)83-56/h16,18,22-26,29,31,36,38-39,42,45-46,50-52,56,77H,12-15,17,19-21,27-28,30,32-35H2,1-11H3,(H,66,76)(H,67,73)(H3,64,65,75)/b22-16+,37-18+/t38?,39-,45+,46+,50+,51-,52+,56+,61+,62-/m1/s1. The highest BCUT2D eigenvalue weighted by Gasteiger charge is 2.64. The Morgan fingerprint density at radius 1 is 0.988 bits per heavy atom. The molecule has 83 heavy (non-hydrogen) atoms. The minimum atomic E-state index is -1.64. The lowest BCUT2D eigenvalue weighted by molar-refractivity contribution is -0.187. The molecule has 6 N–H and O–H groups in total. The Labute approximate surface area is 493 Å². The number of halogens is 1. The predicted molar refractivity (Wildman–Crippen MR) is 314 cm³/mol. The van der Waals surface area contributed by atoms with Crippen molar-refractivity contribution in [3.8, 4) is 5.75 Å². The topological polar surface area (TPSA) is 281 Å². The van der Waals surface area contributed by atoms with Gasteiger partial charge in [0.1, 0.15) is 46.1 Å². The summed E-state index contributed by atoms with van der Waals surface area (Å²) in [6, 6.07) is 8.26. The first-order valence-corrected chi connectivity index (χ1v) is 29.4. The Bertz CT molecular complexity index is 2680. The van der Waals surface area contributed by atoms with Crippen molar-refractivity contribution in [2.45, 2.75) is 193 Å². The summed E-state index contributed by atoms with van der Waals surface area (Å²) in [6.45, 7) is 15.0. The molecule has 2 fully saturated rings. The summed E-state index contributed by atoms with van der Waals surface area (Å²) in [4.78, 5) is 108. The molecule has 3 aliphatic rings. The maximum atomic E-state index is 14.4. The molecule has 20 nitrogen and oxygen atoms in total. The number of unbranched alkanes of at least 4 members (excludes halogenated alkanes) is 1. The van der Waals surface area contributed by atoms with Gasteiger partial charge in [-0.3, -0.25) is 34.1 Å². The molecule has 4 bridgehead atoms. The summed E-state index contributed by atoms with van der Waals surface area (Å²) in [5.74, 6) is -3.47. The number of urea groups is 1. The molecule has 1 unspecified atom stereocenters. The number of Topliss-reactive ketones (excluding diaryl/α,β-unsaturated/α-hetero) is 2. The van der Waals surface area contributed by atoms with Crippen LogP contribution in [0.1, 0.15) is 144 Å². The third-order valence-electron chi connectivity index (χ3n) is 16.3. The fourth-order valence-corrected chi connectivity index (χ4v) is 11.3. The van der Waals surface area contributed by atoms with Crippen LogP contribution in [0.3, 0.4) is 0 Å². The number of ether oxygens (including phenoxy) is 6. The van der Waals surface area contributed by atoms with E-state index in [-0.39, 0.29) is 97.7 Å². The number of fused-ring (bicyclic) bond motifs is 5. The summed E-state index contributed by atoms with van der Waals surface area (Å²) < 4.78 is 35.2. The largest absolute Gasteiger partial charge is 0.495 e. The van der Waals surface area contributed by atoms with E-state index in [0.717, 1.165) is 11.1 Å². The first-order chi connectivity index (χ1) is 39.2. The number of aliphatic hydroxyl groups is 1. The molecule has 5 amide bonds.